The maximum Gasteiger partial charge on any atom is 0.144 e. The number of nitrogens with one attached hydrogen (secondary N) is 1. The van der Waals surface area contributed by atoms with E-state index in [0.29, 0.717) is 11.4 Å². The first-order valence-electron chi connectivity index (χ1n) is 5.23. The van der Waals surface area contributed by atoms with E-state index in [1.165, 1.54) is 6.07 Å². The molecule has 0 spiro atoms. The van der Waals surface area contributed by atoms with Gasteiger partial charge in [-0.25, -0.2) is 9.37 Å². The van der Waals surface area contributed by atoms with Crippen molar-refractivity contribution < 1.29 is 4.39 Å². The molecule has 1 aromatic carbocycles. The van der Waals surface area contributed by atoms with Crippen LogP contribution in [-0.2, 0) is 0 Å². The van der Waals surface area contributed by atoms with Crippen molar-refractivity contribution in [3.8, 4) is 0 Å². The second-order valence-corrected chi connectivity index (χ2v) is 4.62. The third-order valence-corrected chi connectivity index (χ3v) is 3.60. The van der Waals surface area contributed by atoms with Crippen molar-refractivity contribution in [3.63, 3.8) is 0 Å². The molecule has 1 heterocycles. The summed E-state index contributed by atoms with van der Waals surface area (Å²) in [5.74, 6) is 0.470. The quantitative estimate of drug-likeness (QED) is 0.891. The fraction of sp³-hybridized carbons (Fsp3) is 0.154. The number of rotatable bonds is 2. The number of anilines is 2. The van der Waals surface area contributed by atoms with Gasteiger partial charge in [-0.15, -0.1) is 0 Å². The Balaban J connectivity index is 2.38. The molecule has 0 aliphatic heterocycles. The second kappa shape index (κ2) is 4.84. The Hall–Kier alpha value is -1.42. The standard InChI is InChI=1S/C13H12BrFN2/c1-8-6-7-16-13(12(8)14)17-11-5-3-4-10(15)9(11)2/h3-7H,1-2H3,(H,16,17). The number of aromatic nitrogens is 1. The molecule has 2 aromatic rings. The Bertz CT molecular complexity index is 506. The number of halogens is 2. The summed E-state index contributed by atoms with van der Waals surface area (Å²) >= 11 is 3.46. The van der Waals surface area contributed by atoms with Crippen molar-refractivity contribution in [2.45, 2.75) is 13.8 Å². The van der Waals surface area contributed by atoms with Gasteiger partial charge < -0.3 is 5.32 Å². The van der Waals surface area contributed by atoms with Crippen LogP contribution in [0.3, 0.4) is 0 Å². The van der Waals surface area contributed by atoms with Crippen LogP contribution < -0.4 is 5.32 Å². The van der Waals surface area contributed by atoms with Gasteiger partial charge in [0, 0.05) is 17.4 Å². The lowest BCUT2D eigenvalue weighted by Gasteiger charge is -2.11. The average Bonchev–Trinajstić information content (AvgIpc) is 2.31. The Labute approximate surface area is 108 Å². The SMILES string of the molecule is Cc1ccnc(Nc2cccc(F)c2C)c1Br. The molecule has 0 aliphatic carbocycles. The first-order chi connectivity index (χ1) is 8.09. The Morgan fingerprint density at radius 2 is 2.00 bits per heavy atom. The van der Waals surface area contributed by atoms with Gasteiger partial charge in [0.1, 0.15) is 11.6 Å². The number of nitrogens with zero attached hydrogens (tertiary/aromatic N) is 1. The molecule has 0 fully saturated rings. The molecule has 0 unspecified atom stereocenters. The highest BCUT2D eigenvalue weighted by Crippen LogP contribution is 2.28. The van der Waals surface area contributed by atoms with Gasteiger partial charge in [0.05, 0.1) is 4.47 Å². The topological polar surface area (TPSA) is 24.9 Å². The van der Waals surface area contributed by atoms with Crippen LogP contribution in [-0.4, -0.2) is 4.98 Å². The lowest BCUT2D eigenvalue weighted by atomic mass is 10.2. The summed E-state index contributed by atoms with van der Waals surface area (Å²) in [7, 11) is 0. The van der Waals surface area contributed by atoms with Crippen molar-refractivity contribution in [2.75, 3.05) is 5.32 Å². The minimum Gasteiger partial charge on any atom is -0.339 e. The summed E-state index contributed by atoms with van der Waals surface area (Å²) < 4.78 is 14.3. The molecular formula is C13H12BrFN2. The molecule has 0 saturated heterocycles. The molecule has 2 nitrogen and oxygen atoms in total. The molecular weight excluding hydrogens is 283 g/mol. The smallest absolute Gasteiger partial charge is 0.144 e. The van der Waals surface area contributed by atoms with Crippen LogP contribution in [0, 0.1) is 19.7 Å². The molecule has 2 rings (SSSR count). The molecule has 4 heteroatoms. The average molecular weight is 295 g/mol. The van der Waals surface area contributed by atoms with E-state index in [-0.39, 0.29) is 5.82 Å². The van der Waals surface area contributed by atoms with E-state index in [0.717, 1.165) is 15.7 Å². The van der Waals surface area contributed by atoms with Gasteiger partial charge in [-0.05, 0) is 53.5 Å². The second-order valence-electron chi connectivity index (χ2n) is 3.83. The zero-order valence-electron chi connectivity index (χ0n) is 9.59. The number of pyridine rings is 1. The highest BCUT2D eigenvalue weighted by atomic mass is 79.9. The van der Waals surface area contributed by atoms with Crippen molar-refractivity contribution in [1.82, 2.24) is 4.98 Å². The molecule has 1 N–H and O–H groups in total. The summed E-state index contributed by atoms with van der Waals surface area (Å²) in [6.45, 7) is 3.72. The minimum atomic E-state index is -0.223. The van der Waals surface area contributed by atoms with Crippen molar-refractivity contribution in [2.24, 2.45) is 0 Å². The van der Waals surface area contributed by atoms with E-state index in [9.17, 15) is 4.39 Å². The Morgan fingerprint density at radius 3 is 2.76 bits per heavy atom. The number of hydrogen-bond acceptors (Lipinski definition) is 2. The highest BCUT2D eigenvalue weighted by molar-refractivity contribution is 9.10. The van der Waals surface area contributed by atoms with Crippen LogP contribution in [0.25, 0.3) is 0 Å². The molecule has 88 valence electrons. The molecule has 1 aromatic heterocycles. The van der Waals surface area contributed by atoms with Crippen LogP contribution in [0.15, 0.2) is 34.9 Å². The van der Waals surface area contributed by atoms with Crippen molar-refractivity contribution in [3.05, 3.63) is 51.9 Å². The molecule has 17 heavy (non-hydrogen) atoms. The van der Waals surface area contributed by atoms with Crippen LogP contribution in [0.1, 0.15) is 11.1 Å². The Kier molecular flexibility index (Phi) is 3.43. The normalized spacial score (nSPS) is 10.4. The summed E-state index contributed by atoms with van der Waals surface area (Å²) in [6.07, 6.45) is 1.72. The van der Waals surface area contributed by atoms with Gasteiger partial charge in [0.2, 0.25) is 0 Å². The van der Waals surface area contributed by atoms with Gasteiger partial charge in [-0.1, -0.05) is 6.07 Å². The number of aryl methyl sites for hydroxylation is 1. The van der Waals surface area contributed by atoms with Gasteiger partial charge >= 0.3 is 0 Å². The van der Waals surface area contributed by atoms with Crippen LogP contribution in [0.4, 0.5) is 15.9 Å². The first-order valence-corrected chi connectivity index (χ1v) is 6.02. The van der Waals surface area contributed by atoms with Gasteiger partial charge in [0.15, 0.2) is 0 Å². The molecule has 0 atom stereocenters. The van der Waals surface area contributed by atoms with Crippen molar-refractivity contribution >= 4 is 27.4 Å². The zero-order chi connectivity index (χ0) is 12.4. The summed E-state index contributed by atoms with van der Waals surface area (Å²) in [5.41, 5.74) is 2.39. The monoisotopic (exact) mass is 294 g/mol. The van der Waals surface area contributed by atoms with E-state index in [1.54, 1.807) is 19.2 Å². The van der Waals surface area contributed by atoms with Gasteiger partial charge in [-0.3, -0.25) is 0 Å². The molecule has 0 radical (unpaired) electrons. The largest absolute Gasteiger partial charge is 0.339 e. The zero-order valence-corrected chi connectivity index (χ0v) is 11.2. The van der Waals surface area contributed by atoms with Gasteiger partial charge in [0.25, 0.3) is 0 Å². The fourth-order valence-corrected chi connectivity index (χ4v) is 1.83. The maximum absolute atomic E-state index is 13.4. The predicted octanol–water partition coefficient (Wildman–Crippen LogP) is 4.34. The molecule has 0 aliphatic rings. The molecule has 0 bridgehead atoms. The van der Waals surface area contributed by atoms with E-state index in [1.807, 2.05) is 19.1 Å². The maximum atomic E-state index is 13.4. The third-order valence-electron chi connectivity index (χ3n) is 2.60. The first kappa shape index (κ1) is 12.0. The fourth-order valence-electron chi connectivity index (χ4n) is 1.50. The number of benzene rings is 1. The van der Waals surface area contributed by atoms with Crippen molar-refractivity contribution in [1.29, 1.82) is 0 Å². The lowest BCUT2D eigenvalue weighted by Crippen LogP contribution is -1.98. The lowest BCUT2D eigenvalue weighted by molar-refractivity contribution is 0.619. The molecule has 0 amide bonds. The summed E-state index contributed by atoms with van der Waals surface area (Å²) in [4.78, 5) is 4.22. The summed E-state index contributed by atoms with van der Waals surface area (Å²) in [6, 6.07) is 6.86. The predicted molar refractivity (Wildman–Crippen MR) is 71.1 cm³/mol. The van der Waals surface area contributed by atoms with Crippen LogP contribution in [0.5, 0.6) is 0 Å². The van der Waals surface area contributed by atoms with E-state index in [4.69, 9.17) is 0 Å². The van der Waals surface area contributed by atoms with Gasteiger partial charge in [-0.2, -0.15) is 0 Å². The van der Waals surface area contributed by atoms with E-state index in [2.05, 4.69) is 26.2 Å². The number of hydrogen-bond donors (Lipinski definition) is 1. The molecule has 0 saturated carbocycles. The minimum absolute atomic E-state index is 0.223. The van der Waals surface area contributed by atoms with E-state index >= 15 is 0 Å². The third kappa shape index (κ3) is 2.47. The van der Waals surface area contributed by atoms with Crippen LogP contribution >= 0.6 is 15.9 Å². The highest BCUT2D eigenvalue weighted by Gasteiger charge is 2.07. The summed E-state index contributed by atoms with van der Waals surface area (Å²) in [5, 5.41) is 3.12. The van der Waals surface area contributed by atoms with E-state index < -0.39 is 0 Å². The Morgan fingerprint density at radius 1 is 1.24 bits per heavy atom. The van der Waals surface area contributed by atoms with Crippen LogP contribution in [0.2, 0.25) is 0 Å².